The summed E-state index contributed by atoms with van der Waals surface area (Å²) < 4.78 is 0. The van der Waals surface area contributed by atoms with Crippen LogP contribution in [0.5, 0.6) is 0 Å². The van der Waals surface area contributed by atoms with Crippen molar-refractivity contribution in [2.45, 2.75) is 63.0 Å². The van der Waals surface area contributed by atoms with E-state index in [2.05, 4.69) is 9.97 Å². The van der Waals surface area contributed by atoms with Crippen molar-refractivity contribution in [3.05, 3.63) is 18.2 Å². The van der Waals surface area contributed by atoms with Crippen LogP contribution in [0, 0.1) is 0 Å². The Bertz CT molecular complexity index is 452. The second kappa shape index (κ2) is 5.56. The van der Waals surface area contributed by atoms with E-state index in [4.69, 9.17) is 0 Å². The van der Waals surface area contributed by atoms with E-state index in [0.29, 0.717) is 0 Å². The fourth-order valence-corrected chi connectivity index (χ4v) is 3.57. The molecule has 2 heterocycles. The Morgan fingerprint density at radius 2 is 2.20 bits per heavy atom. The van der Waals surface area contributed by atoms with Gasteiger partial charge in [-0.05, 0) is 32.1 Å². The number of rotatable bonds is 3. The number of hydrogen-bond acceptors (Lipinski definition) is 3. The fourth-order valence-electron chi connectivity index (χ4n) is 3.57. The van der Waals surface area contributed by atoms with Crippen molar-refractivity contribution in [1.29, 1.82) is 0 Å². The molecule has 20 heavy (non-hydrogen) atoms. The zero-order valence-electron chi connectivity index (χ0n) is 11.8. The lowest BCUT2D eigenvalue weighted by Gasteiger charge is -2.36. The van der Waals surface area contributed by atoms with E-state index in [1.807, 2.05) is 4.90 Å². The first-order valence-electron chi connectivity index (χ1n) is 7.69. The zero-order valence-corrected chi connectivity index (χ0v) is 11.8. The molecular weight excluding hydrogens is 254 g/mol. The Labute approximate surface area is 119 Å². The van der Waals surface area contributed by atoms with Gasteiger partial charge in [0.1, 0.15) is 5.82 Å². The Morgan fingerprint density at radius 1 is 1.40 bits per heavy atom. The molecule has 0 spiro atoms. The Kier molecular flexibility index (Phi) is 3.78. The van der Waals surface area contributed by atoms with Crippen LogP contribution in [0.15, 0.2) is 12.4 Å². The van der Waals surface area contributed by atoms with Crippen molar-refractivity contribution in [2.24, 2.45) is 0 Å². The van der Waals surface area contributed by atoms with E-state index in [9.17, 15) is 9.90 Å². The molecule has 0 aromatic carbocycles. The highest BCUT2D eigenvalue weighted by atomic mass is 16.3. The maximum Gasteiger partial charge on any atom is 0.226 e. The van der Waals surface area contributed by atoms with Crippen molar-refractivity contribution in [3.8, 4) is 0 Å². The molecule has 1 saturated carbocycles. The Balaban J connectivity index is 1.71. The summed E-state index contributed by atoms with van der Waals surface area (Å²) in [4.78, 5) is 21.9. The van der Waals surface area contributed by atoms with Crippen molar-refractivity contribution in [3.63, 3.8) is 0 Å². The second-order valence-electron chi connectivity index (χ2n) is 6.18. The molecule has 3 rings (SSSR count). The Morgan fingerprint density at radius 3 is 2.90 bits per heavy atom. The molecule has 1 saturated heterocycles. The molecule has 2 N–H and O–H groups in total. The van der Waals surface area contributed by atoms with Crippen LogP contribution in [0.3, 0.4) is 0 Å². The smallest absolute Gasteiger partial charge is 0.226 e. The van der Waals surface area contributed by atoms with Crippen LogP contribution in [-0.2, 0) is 4.79 Å². The molecule has 5 heteroatoms. The van der Waals surface area contributed by atoms with Crippen molar-refractivity contribution in [1.82, 2.24) is 14.9 Å². The molecule has 110 valence electrons. The summed E-state index contributed by atoms with van der Waals surface area (Å²) in [6.45, 7) is 0.778. The lowest BCUT2D eigenvalue weighted by Crippen LogP contribution is -2.42. The number of hydrogen-bond donors (Lipinski definition) is 2. The summed E-state index contributed by atoms with van der Waals surface area (Å²) in [6, 6.07) is 0.0521. The predicted molar refractivity (Wildman–Crippen MR) is 74.9 cm³/mol. The van der Waals surface area contributed by atoms with Crippen LogP contribution in [0.25, 0.3) is 0 Å². The molecule has 1 aliphatic heterocycles. The average molecular weight is 277 g/mol. The van der Waals surface area contributed by atoms with Crippen LogP contribution < -0.4 is 0 Å². The predicted octanol–water partition coefficient (Wildman–Crippen LogP) is 2.16. The highest BCUT2D eigenvalue weighted by Crippen LogP contribution is 2.35. The average Bonchev–Trinajstić information content (AvgIpc) is 3.10. The van der Waals surface area contributed by atoms with Gasteiger partial charge < -0.3 is 15.0 Å². The van der Waals surface area contributed by atoms with Gasteiger partial charge in [-0.25, -0.2) is 4.98 Å². The SMILES string of the molecule is O=C(CC1(O)CCCC1)N1CCCCC1c1ncc[nH]1. The molecule has 5 nitrogen and oxygen atoms in total. The van der Waals surface area contributed by atoms with Crippen molar-refractivity contribution < 1.29 is 9.90 Å². The minimum Gasteiger partial charge on any atom is -0.389 e. The molecule has 1 aromatic rings. The first kappa shape index (κ1) is 13.6. The van der Waals surface area contributed by atoms with E-state index in [1.165, 1.54) is 0 Å². The number of aromatic amines is 1. The summed E-state index contributed by atoms with van der Waals surface area (Å²) in [5, 5.41) is 10.4. The standard InChI is InChI=1S/C15H23N3O2/c19-13(11-15(20)6-2-3-7-15)18-10-4-1-5-12(18)14-16-8-9-17-14/h8-9,12,20H,1-7,10-11H2,(H,16,17). The van der Waals surface area contributed by atoms with Gasteiger partial charge in [0, 0.05) is 18.9 Å². The van der Waals surface area contributed by atoms with Gasteiger partial charge in [0.2, 0.25) is 5.91 Å². The minimum absolute atomic E-state index is 0.0521. The van der Waals surface area contributed by atoms with E-state index >= 15 is 0 Å². The number of nitrogens with zero attached hydrogens (tertiary/aromatic N) is 2. The number of piperidine rings is 1. The van der Waals surface area contributed by atoms with E-state index in [-0.39, 0.29) is 18.4 Å². The lowest BCUT2D eigenvalue weighted by molar-refractivity contribution is -0.140. The third-order valence-corrected chi connectivity index (χ3v) is 4.67. The van der Waals surface area contributed by atoms with Gasteiger partial charge in [-0.1, -0.05) is 12.8 Å². The normalized spacial score (nSPS) is 25.9. The molecule has 2 aliphatic rings. The molecule has 1 aromatic heterocycles. The third kappa shape index (κ3) is 2.73. The monoisotopic (exact) mass is 277 g/mol. The second-order valence-corrected chi connectivity index (χ2v) is 6.18. The summed E-state index contributed by atoms with van der Waals surface area (Å²) in [5.41, 5.74) is -0.762. The highest BCUT2D eigenvalue weighted by molar-refractivity contribution is 5.77. The molecule has 1 amide bonds. The van der Waals surface area contributed by atoms with Gasteiger partial charge in [0.05, 0.1) is 18.1 Å². The third-order valence-electron chi connectivity index (χ3n) is 4.67. The van der Waals surface area contributed by atoms with Gasteiger partial charge >= 0.3 is 0 Å². The number of H-pyrrole nitrogens is 1. The first-order valence-corrected chi connectivity index (χ1v) is 7.69. The van der Waals surface area contributed by atoms with E-state index < -0.39 is 5.60 Å². The summed E-state index contributed by atoms with van der Waals surface area (Å²) >= 11 is 0. The number of aliphatic hydroxyl groups is 1. The van der Waals surface area contributed by atoms with Crippen LogP contribution in [-0.4, -0.2) is 38.0 Å². The van der Waals surface area contributed by atoms with Crippen LogP contribution in [0.2, 0.25) is 0 Å². The summed E-state index contributed by atoms with van der Waals surface area (Å²) in [6.07, 6.45) is 10.5. The number of aromatic nitrogens is 2. The van der Waals surface area contributed by atoms with Gasteiger partial charge in [-0.3, -0.25) is 4.79 Å². The summed E-state index contributed by atoms with van der Waals surface area (Å²) in [5.74, 6) is 0.951. The topological polar surface area (TPSA) is 69.2 Å². The van der Waals surface area contributed by atoms with Crippen molar-refractivity contribution in [2.75, 3.05) is 6.54 Å². The van der Waals surface area contributed by atoms with Gasteiger partial charge in [-0.2, -0.15) is 0 Å². The Hall–Kier alpha value is -1.36. The quantitative estimate of drug-likeness (QED) is 0.889. The van der Waals surface area contributed by atoms with Crippen LogP contribution in [0.1, 0.15) is 63.2 Å². The van der Waals surface area contributed by atoms with Gasteiger partial charge in [-0.15, -0.1) is 0 Å². The van der Waals surface area contributed by atoms with Gasteiger partial charge in [0.15, 0.2) is 0 Å². The molecule has 0 radical (unpaired) electrons. The van der Waals surface area contributed by atoms with Crippen LogP contribution >= 0.6 is 0 Å². The maximum absolute atomic E-state index is 12.6. The van der Waals surface area contributed by atoms with E-state index in [1.54, 1.807) is 12.4 Å². The zero-order chi connectivity index (χ0) is 14.0. The van der Waals surface area contributed by atoms with Crippen LogP contribution in [0.4, 0.5) is 0 Å². The first-order chi connectivity index (χ1) is 9.68. The summed E-state index contributed by atoms with van der Waals surface area (Å²) in [7, 11) is 0. The number of carbonyl (C=O) groups excluding carboxylic acids is 1. The molecule has 1 aliphatic carbocycles. The lowest BCUT2D eigenvalue weighted by atomic mass is 9.94. The molecule has 1 unspecified atom stereocenters. The maximum atomic E-state index is 12.6. The number of nitrogens with one attached hydrogen (secondary N) is 1. The molecular formula is C15H23N3O2. The molecule has 1 atom stereocenters. The number of imidazole rings is 1. The van der Waals surface area contributed by atoms with Crippen molar-refractivity contribution >= 4 is 5.91 Å². The minimum atomic E-state index is -0.762. The number of likely N-dealkylation sites (tertiary alicyclic amines) is 1. The number of carbonyl (C=O) groups is 1. The van der Waals surface area contributed by atoms with E-state index in [0.717, 1.165) is 57.3 Å². The number of amides is 1. The highest BCUT2D eigenvalue weighted by Gasteiger charge is 2.37. The van der Waals surface area contributed by atoms with Gasteiger partial charge in [0.25, 0.3) is 0 Å². The largest absolute Gasteiger partial charge is 0.389 e. The fraction of sp³-hybridized carbons (Fsp3) is 0.733. The molecule has 0 bridgehead atoms. The molecule has 2 fully saturated rings.